The molecule has 0 aliphatic rings. The van der Waals surface area contributed by atoms with E-state index in [9.17, 15) is 4.79 Å². The van der Waals surface area contributed by atoms with Crippen molar-refractivity contribution in [1.29, 1.82) is 0 Å². The number of hydrogen-bond acceptors (Lipinski definition) is 3. The van der Waals surface area contributed by atoms with E-state index in [1.807, 2.05) is 29.6 Å². The predicted molar refractivity (Wildman–Crippen MR) is 70.1 cm³/mol. The first-order valence-electron chi connectivity index (χ1n) is 5.52. The van der Waals surface area contributed by atoms with Crippen molar-refractivity contribution in [2.75, 3.05) is 7.11 Å². The molecule has 0 saturated heterocycles. The molecular weight excluding hydrogens is 232 g/mol. The minimum Gasteiger partial charge on any atom is -0.496 e. The smallest absolute Gasteiger partial charge is 0.206 e. The fourth-order valence-electron chi connectivity index (χ4n) is 1.77. The van der Waals surface area contributed by atoms with Gasteiger partial charge in [0.15, 0.2) is 0 Å². The van der Waals surface area contributed by atoms with Gasteiger partial charge < -0.3 is 4.74 Å². The van der Waals surface area contributed by atoms with E-state index < -0.39 is 0 Å². The second-order valence-electron chi connectivity index (χ2n) is 3.66. The summed E-state index contributed by atoms with van der Waals surface area (Å²) in [6, 6.07) is 9.35. The Kier molecular flexibility index (Phi) is 3.59. The third-order valence-electron chi connectivity index (χ3n) is 2.69. The van der Waals surface area contributed by atoms with Crippen molar-refractivity contribution in [3.05, 3.63) is 51.7 Å². The van der Waals surface area contributed by atoms with Gasteiger partial charge in [0, 0.05) is 0 Å². The molecule has 88 valence electrons. The molecule has 1 aromatic carbocycles. The van der Waals surface area contributed by atoms with Crippen LogP contribution in [0.25, 0.3) is 0 Å². The van der Waals surface area contributed by atoms with E-state index in [2.05, 4.69) is 6.92 Å². The summed E-state index contributed by atoms with van der Waals surface area (Å²) < 4.78 is 5.22. The van der Waals surface area contributed by atoms with Gasteiger partial charge >= 0.3 is 0 Å². The van der Waals surface area contributed by atoms with Gasteiger partial charge in [-0.1, -0.05) is 19.1 Å². The SMILES string of the molecule is CCc1ccsc1C(=O)c1ccccc1OC. The van der Waals surface area contributed by atoms with Crippen LogP contribution in [0, 0.1) is 0 Å². The molecule has 2 rings (SSSR count). The molecule has 0 spiro atoms. The second kappa shape index (κ2) is 5.15. The van der Waals surface area contributed by atoms with Crippen molar-refractivity contribution >= 4 is 17.1 Å². The van der Waals surface area contributed by atoms with Gasteiger partial charge in [0.2, 0.25) is 5.78 Å². The Balaban J connectivity index is 2.44. The molecule has 17 heavy (non-hydrogen) atoms. The Labute approximate surface area is 105 Å². The summed E-state index contributed by atoms with van der Waals surface area (Å²) in [5, 5.41) is 1.96. The summed E-state index contributed by atoms with van der Waals surface area (Å²) in [5.41, 5.74) is 1.73. The van der Waals surface area contributed by atoms with Crippen LogP contribution < -0.4 is 4.74 Å². The first-order valence-corrected chi connectivity index (χ1v) is 6.40. The molecule has 0 aliphatic carbocycles. The van der Waals surface area contributed by atoms with Gasteiger partial charge in [-0.3, -0.25) is 4.79 Å². The molecule has 0 amide bonds. The van der Waals surface area contributed by atoms with E-state index in [0.717, 1.165) is 16.9 Å². The van der Waals surface area contributed by atoms with E-state index in [1.54, 1.807) is 13.2 Å². The zero-order valence-corrected chi connectivity index (χ0v) is 10.7. The van der Waals surface area contributed by atoms with Crippen molar-refractivity contribution in [2.24, 2.45) is 0 Å². The largest absolute Gasteiger partial charge is 0.496 e. The van der Waals surface area contributed by atoms with Crippen LogP contribution in [-0.4, -0.2) is 12.9 Å². The lowest BCUT2D eigenvalue weighted by Gasteiger charge is -2.07. The number of thiophene rings is 1. The monoisotopic (exact) mass is 246 g/mol. The molecule has 0 saturated carbocycles. The number of ether oxygens (including phenoxy) is 1. The number of rotatable bonds is 4. The Bertz CT molecular complexity index is 529. The van der Waals surface area contributed by atoms with Crippen LogP contribution in [0.3, 0.4) is 0 Å². The molecule has 0 unspecified atom stereocenters. The van der Waals surface area contributed by atoms with E-state index in [0.29, 0.717) is 11.3 Å². The average molecular weight is 246 g/mol. The number of hydrogen-bond donors (Lipinski definition) is 0. The zero-order valence-electron chi connectivity index (χ0n) is 9.90. The summed E-state index contributed by atoms with van der Waals surface area (Å²) in [6.07, 6.45) is 0.875. The molecule has 0 fully saturated rings. The van der Waals surface area contributed by atoms with Crippen LogP contribution in [-0.2, 0) is 6.42 Å². The van der Waals surface area contributed by atoms with Gasteiger partial charge in [0.1, 0.15) is 5.75 Å². The van der Waals surface area contributed by atoms with E-state index in [-0.39, 0.29) is 5.78 Å². The number of ketones is 1. The highest BCUT2D eigenvalue weighted by molar-refractivity contribution is 7.12. The molecule has 3 heteroatoms. The molecule has 0 aliphatic heterocycles. The molecule has 0 radical (unpaired) electrons. The fourth-order valence-corrected chi connectivity index (χ4v) is 2.72. The Morgan fingerprint density at radius 3 is 2.76 bits per heavy atom. The van der Waals surface area contributed by atoms with Crippen molar-refractivity contribution in [1.82, 2.24) is 0 Å². The zero-order chi connectivity index (χ0) is 12.3. The summed E-state index contributed by atoms with van der Waals surface area (Å²) in [4.78, 5) is 13.2. The van der Waals surface area contributed by atoms with E-state index in [4.69, 9.17) is 4.74 Å². The topological polar surface area (TPSA) is 26.3 Å². The molecule has 0 bridgehead atoms. The number of methoxy groups -OCH3 is 1. The first-order chi connectivity index (χ1) is 8.27. The van der Waals surface area contributed by atoms with Gasteiger partial charge in [0.05, 0.1) is 17.6 Å². The standard InChI is InChI=1S/C14H14O2S/c1-3-10-8-9-17-14(10)13(15)11-6-4-5-7-12(11)16-2/h4-9H,3H2,1-2H3. The summed E-state index contributed by atoms with van der Waals surface area (Å²) in [7, 11) is 1.58. The fraction of sp³-hybridized carbons (Fsp3) is 0.214. The van der Waals surface area contributed by atoms with Gasteiger partial charge in [-0.25, -0.2) is 0 Å². The molecular formula is C14H14O2S. The van der Waals surface area contributed by atoms with Crippen LogP contribution in [0.4, 0.5) is 0 Å². The van der Waals surface area contributed by atoms with Gasteiger partial charge in [-0.15, -0.1) is 11.3 Å². The lowest BCUT2D eigenvalue weighted by Crippen LogP contribution is -2.04. The number of carbonyl (C=O) groups is 1. The minimum atomic E-state index is 0.0503. The highest BCUT2D eigenvalue weighted by atomic mass is 32.1. The van der Waals surface area contributed by atoms with Crippen LogP contribution in [0.1, 0.15) is 27.7 Å². The highest BCUT2D eigenvalue weighted by Gasteiger charge is 2.17. The number of para-hydroxylation sites is 1. The van der Waals surface area contributed by atoms with Crippen LogP contribution in [0.2, 0.25) is 0 Å². The summed E-state index contributed by atoms with van der Waals surface area (Å²) in [5.74, 6) is 0.683. The predicted octanol–water partition coefficient (Wildman–Crippen LogP) is 3.55. The first kappa shape index (κ1) is 11.9. The quantitative estimate of drug-likeness (QED) is 0.771. The highest BCUT2D eigenvalue weighted by Crippen LogP contribution is 2.26. The maximum absolute atomic E-state index is 12.4. The van der Waals surface area contributed by atoms with Crippen LogP contribution in [0.15, 0.2) is 35.7 Å². The maximum atomic E-state index is 12.4. The number of aryl methyl sites for hydroxylation is 1. The van der Waals surface area contributed by atoms with E-state index in [1.165, 1.54) is 11.3 Å². The minimum absolute atomic E-state index is 0.0503. The Morgan fingerprint density at radius 2 is 2.06 bits per heavy atom. The van der Waals surface area contributed by atoms with Crippen molar-refractivity contribution in [3.63, 3.8) is 0 Å². The number of carbonyl (C=O) groups excluding carboxylic acids is 1. The lowest BCUT2D eigenvalue weighted by molar-refractivity contribution is 0.103. The molecule has 2 aromatic rings. The van der Waals surface area contributed by atoms with Crippen LogP contribution >= 0.6 is 11.3 Å². The molecule has 0 N–H and O–H groups in total. The third kappa shape index (κ3) is 2.24. The van der Waals surface area contributed by atoms with Crippen molar-refractivity contribution in [3.8, 4) is 5.75 Å². The number of benzene rings is 1. The van der Waals surface area contributed by atoms with E-state index >= 15 is 0 Å². The average Bonchev–Trinajstić information content (AvgIpc) is 2.86. The lowest BCUT2D eigenvalue weighted by atomic mass is 10.0. The molecule has 2 nitrogen and oxygen atoms in total. The van der Waals surface area contributed by atoms with Gasteiger partial charge in [-0.05, 0) is 35.6 Å². The normalized spacial score (nSPS) is 10.2. The summed E-state index contributed by atoms with van der Waals surface area (Å²) in [6.45, 7) is 2.06. The third-order valence-corrected chi connectivity index (χ3v) is 3.64. The van der Waals surface area contributed by atoms with Crippen molar-refractivity contribution in [2.45, 2.75) is 13.3 Å². The summed E-state index contributed by atoms with van der Waals surface area (Å²) >= 11 is 1.49. The molecule has 1 heterocycles. The van der Waals surface area contributed by atoms with Crippen molar-refractivity contribution < 1.29 is 9.53 Å². The second-order valence-corrected chi connectivity index (χ2v) is 4.57. The van der Waals surface area contributed by atoms with Crippen LogP contribution in [0.5, 0.6) is 5.75 Å². The molecule has 1 aromatic heterocycles. The van der Waals surface area contributed by atoms with Gasteiger partial charge in [-0.2, -0.15) is 0 Å². The van der Waals surface area contributed by atoms with Gasteiger partial charge in [0.25, 0.3) is 0 Å². The maximum Gasteiger partial charge on any atom is 0.206 e. The molecule has 0 atom stereocenters. The Morgan fingerprint density at radius 1 is 1.29 bits per heavy atom. The Hall–Kier alpha value is -1.61.